The number of benzene rings is 2. The van der Waals surface area contributed by atoms with Gasteiger partial charge in [-0.1, -0.05) is 12.0 Å². The van der Waals surface area contributed by atoms with Crippen molar-refractivity contribution in [3.63, 3.8) is 0 Å². The summed E-state index contributed by atoms with van der Waals surface area (Å²) in [5.41, 5.74) is 6.08. The van der Waals surface area contributed by atoms with Crippen molar-refractivity contribution in [1.29, 1.82) is 5.26 Å². The van der Waals surface area contributed by atoms with Crippen LogP contribution < -0.4 is 5.32 Å². The van der Waals surface area contributed by atoms with Gasteiger partial charge in [0.05, 0.1) is 22.7 Å². The van der Waals surface area contributed by atoms with Gasteiger partial charge in [0.2, 0.25) is 0 Å². The summed E-state index contributed by atoms with van der Waals surface area (Å²) in [7, 11) is 2.16. The van der Waals surface area contributed by atoms with Crippen LogP contribution in [0.2, 0.25) is 0 Å². The highest BCUT2D eigenvalue weighted by Gasteiger charge is 2.15. The van der Waals surface area contributed by atoms with Crippen molar-refractivity contribution in [3.8, 4) is 17.9 Å². The molecule has 8 heteroatoms. The lowest BCUT2D eigenvalue weighted by molar-refractivity contribution is 0.102. The number of aromatic nitrogens is 3. The number of aryl methyl sites for hydroxylation is 1. The summed E-state index contributed by atoms with van der Waals surface area (Å²) >= 11 is 0. The van der Waals surface area contributed by atoms with Gasteiger partial charge in [0.25, 0.3) is 5.91 Å². The van der Waals surface area contributed by atoms with Gasteiger partial charge in [0.1, 0.15) is 5.69 Å². The molecule has 2 aromatic carbocycles. The van der Waals surface area contributed by atoms with Gasteiger partial charge in [-0.15, -0.1) is 0 Å². The highest BCUT2D eigenvalue weighted by Crippen LogP contribution is 2.19. The summed E-state index contributed by atoms with van der Waals surface area (Å²) in [6, 6.07) is 15.1. The summed E-state index contributed by atoms with van der Waals surface area (Å²) in [5, 5.41) is 20.0. The Labute approximate surface area is 215 Å². The second-order valence-corrected chi connectivity index (χ2v) is 9.33. The van der Waals surface area contributed by atoms with E-state index in [-0.39, 0.29) is 5.91 Å². The van der Waals surface area contributed by atoms with Crippen LogP contribution in [-0.4, -0.2) is 64.1 Å². The molecule has 1 fully saturated rings. The Kier molecular flexibility index (Phi) is 6.96. The Morgan fingerprint density at radius 1 is 1.05 bits per heavy atom. The van der Waals surface area contributed by atoms with Crippen LogP contribution in [0, 0.1) is 30.1 Å². The number of nitriles is 1. The molecule has 0 atom stereocenters. The standard InChI is InChI=1S/C29H27N7O/c1-20-13-25(6-5-23(20)19-36-11-9-35(2)10-12-36)32-29(37)24-14-22(17-31-18-24)4-8-28-26-15-21(16-30)3-7-27(26)33-34-28/h3,5-7,13-15,17-18H,9-12,19H2,1-2H3,(H,32,37)(H,33,34). The number of amides is 1. The fourth-order valence-corrected chi connectivity index (χ4v) is 4.34. The number of likely N-dealkylation sites (N-methyl/N-ethyl adjacent to an activating group) is 1. The van der Waals surface area contributed by atoms with Crippen LogP contribution >= 0.6 is 0 Å². The predicted molar refractivity (Wildman–Crippen MR) is 143 cm³/mol. The normalized spacial score (nSPS) is 14.1. The van der Waals surface area contributed by atoms with Gasteiger partial charge in [0.15, 0.2) is 0 Å². The van der Waals surface area contributed by atoms with Crippen molar-refractivity contribution in [2.24, 2.45) is 0 Å². The number of pyridine rings is 1. The van der Waals surface area contributed by atoms with Crippen LogP contribution in [0.15, 0.2) is 54.9 Å². The zero-order valence-electron chi connectivity index (χ0n) is 20.9. The van der Waals surface area contributed by atoms with Crippen LogP contribution in [0.1, 0.15) is 38.3 Å². The maximum Gasteiger partial charge on any atom is 0.257 e. The molecular weight excluding hydrogens is 462 g/mol. The second-order valence-electron chi connectivity index (χ2n) is 9.33. The summed E-state index contributed by atoms with van der Waals surface area (Å²) in [6.45, 7) is 7.31. The summed E-state index contributed by atoms with van der Waals surface area (Å²) in [6.07, 6.45) is 3.14. The van der Waals surface area contributed by atoms with E-state index >= 15 is 0 Å². The molecule has 0 unspecified atom stereocenters. The molecule has 0 spiro atoms. The van der Waals surface area contributed by atoms with Crippen molar-refractivity contribution in [1.82, 2.24) is 25.0 Å². The first-order valence-electron chi connectivity index (χ1n) is 12.2. The number of fused-ring (bicyclic) bond motifs is 1. The lowest BCUT2D eigenvalue weighted by atomic mass is 10.1. The topological polar surface area (TPSA) is 101 Å². The summed E-state index contributed by atoms with van der Waals surface area (Å²) in [4.78, 5) is 21.9. The van der Waals surface area contributed by atoms with Gasteiger partial charge in [-0.25, -0.2) is 0 Å². The van der Waals surface area contributed by atoms with Crippen LogP contribution in [0.25, 0.3) is 10.9 Å². The zero-order valence-corrected chi connectivity index (χ0v) is 20.9. The molecule has 2 N–H and O–H groups in total. The number of nitrogens with zero attached hydrogens (tertiary/aromatic N) is 5. The van der Waals surface area contributed by atoms with Gasteiger partial charge >= 0.3 is 0 Å². The molecule has 37 heavy (non-hydrogen) atoms. The lowest BCUT2D eigenvalue weighted by Crippen LogP contribution is -2.43. The zero-order chi connectivity index (χ0) is 25.8. The number of piperazine rings is 1. The van der Waals surface area contributed by atoms with Crippen LogP contribution in [0.3, 0.4) is 0 Å². The highest BCUT2D eigenvalue weighted by atomic mass is 16.1. The molecule has 184 valence electrons. The van der Waals surface area contributed by atoms with Crippen LogP contribution in [0.4, 0.5) is 5.69 Å². The first kappa shape index (κ1) is 24.2. The molecular formula is C29H27N7O. The van der Waals surface area contributed by atoms with Crippen molar-refractivity contribution >= 4 is 22.5 Å². The molecule has 0 saturated carbocycles. The molecule has 1 aliphatic heterocycles. The van der Waals surface area contributed by atoms with E-state index in [2.05, 4.69) is 68.2 Å². The predicted octanol–water partition coefficient (Wildman–Crippen LogP) is 3.54. The van der Waals surface area contributed by atoms with E-state index in [0.29, 0.717) is 22.4 Å². The van der Waals surface area contributed by atoms with E-state index in [4.69, 9.17) is 5.26 Å². The van der Waals surface area contributed by atoms with Gasteiger partial charge in [0, 0.05) is 61.8 Å². The molecule has 5 rings (SSSR count). The second kappa shape index (κ2) is 10.6. The average Bonchev–Trinajstić information content (AvgIpc) is 3.32. The fourth-order valence-electron chi connectivity index (χ4n) is 4.34. The van der Waals surface area contributed by atoms with E-state index in [1.54, 1.807) is 30.5 Å². The fraction of sp³-hybridized carbons (Fsp3) is 0.241. The number of rotatable bonds is 4. The number of carbonyl (C=O) groups excluding carboxylic acids is 1. The lowest BCUT2D eigenvalue weighted by Gasteiger charge is -2.32. The van der Waals surface area contributed by atoms with Crippen molar-refractivity contribution in [3.05, 3.63) is 88.4 Å². The van der Waals surface area contributed by atoms with E-state index in [1.807, 2.05) is 12.1 Å². The molecule has 3 heterocycles. The Morgan fingerprint density at radius 3 is 2.68 bits per heavy atom. The number of hydrogen-bond acceptors (Lipinski definition) is 6. The van der Waals surface area contributed by atoms with E-state index in [0.717, 1.165) is 54.9 Å². The largest absolute Gasteiger partial charge is 0.322 e. The molecule has 2 aromatic heterocycles. The minimum atomic E-state index is -0.243. The highest BCUT2D eigenvalue weighted by molar-refractivity contribution is 6.04. The SMILES string of the molecule is Cc1cc(NC(=O)c2cncc(C#Cc3[nH]nc4ccc(C#N)cc34)c2)ccc1CN1CCN(C)CC1. The summed E-state index contributed by atoms with van der Waals surface area (Å²) < 4.78 is 0. The molecule has 4 aromatic rings. The van der Waals surface area contributed by atoms with Gasteiger partial charge in [-0.05, 0) is 67.4 Å². The number of aromatic amines is 1. The molecule has 0 aliphatic carbocycles. The molecule has 1 amide bonds. The number of hydrogen-bond donors (Lipinski definition) is 2. The minimum absolute atomic E-state index is 0.243. The van der Waals surface area contributed by atoms with Gasteiger partial charge in [-0.3, -0.25) is 19.8 Å². The average molecular weight is 490 g/mol. The minimum Gasteiger partial charge on any atom is -0.322 e. The van der Waals surface area contributed by atoms with E-state index in [1.165, 1.54) is 11.8 Å². The molecule has 0 radical (unpaired) electrons. The quantitative estimate of drug-likeness (QED) is 0.426. The van der Waals surface area contributed by atoms with Crippen molar-refractivity contribution in [2.75, 3.05) is 38.5 Å². The van der Waals surface area contributed by atoms with Gasteiger partial charge < -0.3 is 10.2 Å². The Bertz CT molecular complexity index is 1560. The molecule has 1 saturated heterocycles. The van der Waals surface area contributed by atoms with Crippen molar-refractivity contribution in [2.45, 2.75) is 13.5 Å². The Hall–Kier alpha value is -4.50. The van der Waals surface area contributed by atoms with E-state index < -0.39 is 0 Å². The van der Waals surface area contributed by atoms with Crippen LogP contribution in [-0.2, 0) is 6.54 Å². The summed E-state index contributed by atoms with van der Waals surface area (Å²) in [5.74, 6) is 5.84. The molecule has 1 aliphatic rings. The maximum atomic E-state index is 12.9. The first-order chi connectivity index (χ1) is 18.0. The Balaban J connectivity index is 1.27. The third-order valence-electron chi connectivity index (χ3n) is 6.61. The van der Waals surface area contributed by atoms with E-state index in [9.17, 15) is 4.79 Å². The first-order valence-corrected chi connectivity index (χ1v) is 12.2. The Morgan fingerprint density at radius 2 is 1.89 bits per heavy atom. The number of H-pyrrole nitrogens is 1. The van der Waals surface area contributed by atoms with Gasteiger partial charge in [-0.2, -0.15) is 10.4 Å². The third-order valence-corrected chi connectivity index (χ3v) is 6.61. The van der Waals surface area contributed by atoms with Crippen LogP contribution in [0.5, 0.6) is 0 Å². The number of anilines is 1. The third kappa shape index (κ3) is 5.68. The monoisotopic (exact) mass is 489 g/mol. The molecule has 0 bridgehead atoms. The maximum absolute atomic E-state index is 12.9. The van der Waals surface area contributed by atoms with Crippen molar-refractivity contribution < 1.29 is 4.79 Å². The number of nitrogens with one attached hydrogen (secondary N) is 2. The smallest absolute Gasteiger partial charge is 0.257 e. The molecule has 8 nitrogen and oxygen atoms in total. The number of carbonyl (C=O) groups is 1.